The zero-order chi connectivity index (χ0) is 13.3. The smallest absolute Gasteiger partial charge is 0.318 e. The van der Waals surface area contributed by atoms with Gasteiger partial charge in [0.05, 0.1) is 11.5 Å². The van der Waals surface area contributed by atoms with E-state index in [0.29, 0.717) is 6.54 Å². The van der Waals surface area contributed by atoms with Crippen LogP contribution in [-0.2, 0) is 4.79 Å². The average Bonchev–Trinajstić information content (AvgIpc) is 2.88. The summed E-state index contributed by atoms with van der Waals surface area (Å²) in [7, 11) is 0. The molecule has 0 radical (unpaired) electrons. The first-order valence-electron chi connectivity index (χ1n) is 5.82. The Kier molecular flexibility index (Phi) is 3.02. The molecule has 1 aromatic heterocycles. The molecule has 2 amide bonds. The maximum atomic E-state index is 11.8. The number of hydrogen-bond acceptors (Lipinski definition) is 2. The lowest BCUT2D eigenvalue weighted by Gasteiger charge is -2.25. The average molecular weight is 251 g/mol. The summed E-state index contributed by atoms with van der Waals surface area (Å²) in [4.78, 5) is 27.4. The number of amides is 2. The maximum absolute atomic E-state index is 11.8. The summed E-state index contributed by atoms with van der Waals surface area (Å²) in [5.41, 5.74) is -0.0129. The van der Waals surface area contributed by atoms with Crippen molar-refractivity contribution in [2.75, 3.05) is 13.1 Å². The highest BCUT2D eigenvalue weighted by Crippen LogP contribution is 2.24. The molecule has 6 heteroatoms. The number of aliphatic carboxylic acids is 1. The van der Waals surface area contributed by atoms with E-state index >= 15 is 0 Å². The fourth-order valence-corrected chi connectivity index (χ4v) is 2.01. The lowest BCUT2D eigenvalue weighted by molar-refractivity contribution is -0.147. The van der Waals surface area contributed by atoms with Gasteiger partial charge >= 0.3 is 12.0 Å². The van der Waals surface area contributed by atoms with Gasteiger partial charge in [-0.15, -0.1) is 0 Å². The first kappa shape index (κ1) is 12.5. The molecule has 1 unspecified atom stereocenters. The summed E-state index contributed by atoms with van der Waals surface area (Å²) in [5, 5.41) is 11.9. The van der Waals surface area contributed by atoms with E-state index in [0.717, 1.165) is 5.69 Å². The first-order valence-corrected chi connectivity index (χ1v) is 5.82. The Hall–Kier alpha value is -1.98. The van der Waals surface area contributed by atoms with E-state index in [1.807, 2.05) is 12.1 Å². The molecule has 2 rings (SSSR count). The highest BCUT2D eigenvalue weighted by atomic mass is 16.4. The molecule has 98 valence electrons. The molecule has 0 aromatic carbocycles. The van der Waals surface area contributed by atoms with Gasteiger partial charge in [-0.1, -0.05) is 0 Å². The van der Waals surface area contributed by atoms with Crippen molar-refractivity contribution in [3.05, 3.63) is 24.0 Å². The van der Waals surface area contributed by atoms with Gasteiger partial charge in [-0.2, -0.15) is 0 Å². The molecule has 0 spiro atoms. The van der Waals surface area contributed by atoms with Gasteiger partial charge in [-0.3, -0.25) is 4.79 Å². The van der Waals surface area contributed by atoms with Crippen LogP contribution in [-0.4, -0.2) is 40.1 Å². The molecule has 0 bridgehead atoms. The zero-order valence-electron chi connectivity index (χ0n) is 10.4. The molecule has 1 fully saturated rings. The second-order valence-corrected chi connectivity index (χ2v) is 5.20. The molecule has 2 heterocycles. The molecule has 0 aliphatic carbocycles. The van der Waals surface area contributed by atoms with E-state index in [-0.39, 0.29) is 18.6 Å². The number of H-pyrrole nitrogens is 1. The lowest BCUT2D eigenvalue weighted by Crippen LogP contribution is -2.40. The molecule has 1 atom stereocenters. The molecule has 1 aliphatic rings. The number of carbonyl (C=O) groups is 2. The van der Waals surface area contributed by atoms with Crippen LogP contribution in [0, 0.1) is 5.41 Å². The summed E-state index contributed by atoms with van der Waals surface area (Å²) in [6.07, 6.45) is 1.80. The van der Waals surface area contributed by atoms with E-state index in [2.05, 4.69) is 10.3 Å². The first-order chi connectivity index (χ1) is 8.40. The molecular formula is C12H17N3O3. The number of aromatic amines is 1. The highest BCUT2D eigenvalue weighted by molar-refractivity contribution is 5.79. The standard InChI is InChI=1S/C12H17N3O3/c1-12(2,10(16)17)7-15-6-9(14-11(15)18)8-4-3-5-13-8/h3-5,9,13H,6-7H2,1-2H3,(H,14,18)(H,16,17). The second-order valence-electron chi connectivity index (χ2n) is 5.20. The Morgan fingerprint density at radius 3 is 2.89 bits per heavy atom. The van der Waals surface area contributed by atoms with Crippen LogP contribution >= 0.6 is 0 Å². The zero-order valence-corrected chi connectivity index (χ0v) is 10.4. The number of nitrogens with one attached hydrogen (secondary N) is 2. The number of rotatable bonds is 4. The number of carboxylic acid groups (broad SMARTS) is 1. The van der Waals surface area contributed by atoms with Gasteiger partial charge in [0, 0.05) is 25.0 Å². The summed E-state index contributed by atoms with van der Waals surface area (Å²) >= 11 is 0. The van der Waals surface area contributed by atoms with Crippen LogP contribution in [0.25, 0.3) is 0 Å². The SMILES string of the molecule is CC(C)(CN1CC(c2ccc[nH]2)NC1=O)C(=O)O. The second kappa shape index (κ2) is 4.36. The van der Waals surface area contributed by atoms with Crippen molar-refractivity contribution < 1.29 is 14.7 Å². The van der Waals surface area contributed by atoms with Gasteiger partial charge in [-0.25, -0.2) is 4.79 Å². The van der Waals surface area contributed by atoms with Crippen LogP contribution in [0.5, 0.6) is 0 Å². The largest absolute Gasteiger partial charge is 0.481 e. The van der Waals surface area contributed by atoms with E-state index in [4.69, 9.17) is 5.11 Å². The number of hydrogen-bond donors (Lipinski definition) is 3. The minimum atomic E-state index is -0.942. The number of aromatic nitrogens is 1. The molecule has 1 saturated heterocycles. The third kappa shape index (κ3) is 2.32. The van der Waals surface area contributed by atoms with Crippen LogP contribution in [0.3, 0.4) is 0 Å². The monoisotopic (exact) mass is 251 g/mol. The Morgan fingerprint density at radius 1 is 1.61 bits per heavy atom. The molecule has 1 aliphatic heterocycles. The topological polar surface area (TPSA) is 85.4 Å². The summed E-state index contributed by atoms with van der Waals surface area (Å²) in [5.74, 6) is -0.904. The summed E-state index contributed by atoms with van der Waals surface area (Å²) in [6.45, 7) is 3.91. The predicted octanol–water partition coefficient (Wildman–Crippen LogP) is 1.19. The molecular weight excluding hydrogens is 234 g/mol. The van der Waals surface area contributed by atoms with Crippen molar-refractivity contribution >= 4 is 12.0 Å². The van der Waals surface area contributed by atoms with Crippen molar-refractivity contribution in [1.82, 2.24) is 15.2 Å². The van der Waals surface area contributed by atoms with Crippen LogP contribution in [0.15, 0.2) is 18.3 Å². The number of nitrogens with zero attached hydrogens (tertiary/aromatic N) is 1. The van der Waals surface area contributed by atoms with Gasteiger partial charge in [0.25, 0.3) is 0 Å². The third-order valence-corrected chi connectivity index (χ3v) is 3.15. The van der Waals surface area contributed by atoms with Crippen LogP contribution in [0.4, 0.5) is 4.79 Å². The Balaban J connectivity index is 2.04. The van der Waals surface area contributed by atoms with Gasteiger partial charge < -0.3 is 20.3 Å². The van der Waals surface area contributed by atoms with E-state index in [9.17, 15) is 9.59 Å². The molecule has 0 saturated carbocycles. The fourth-order valence-electron chi connectivity index (χ4n) is 2.01. The number of carboxylic acids is 1. The molecule has 6 nitrogen and oxygen atoms in total. The molecule has 18 heavy (non-hydrogen) atoms. The minimum absolute atomic E-state index is 0.0999. The van der Waals surface area contributed by atoms with Crippen LogP contribution in [0.1, 0.15) is 25.6 Å². The fraction of sp³-hybridized carbons (Fsp3) is 0.500. The lowest BCUT2D eigenvalue weighted by atomic mass is 9.93. The predicted molar refractivity (Wildman–Crippen MR) is 65.1 cm³/mol. The van der Waals surface area contributed by atoms with Crippen molar-refractivity contribution in [1.29, 1.82) is 0 Å². The van der Waals surface area contributed by atoms with Gasteiger partial charge in [0.2, 0.25) is 0 Å². The minimum Gasteiger partial charge on any atom is -0.481 e. The van der Waals surface area contributed by atoms with Gasteiger partial charge in [0.15, 0.2) is 0 Å². The Bertz CT molecular complexity index is 453. The third-order valence-electron chi connectivity index (χ3n) is 3.15. The van der Waals surface area contributed by atoms with Crippen molar-refractivity contribution in [3.63, 3.8) is 0 Å². The molecule has 3 N–H and O–H groups in total. The van der Waals surface area contributed by atoms with Crippen LogP contribution < -0.4 is 5.32 Å². The Labute approximate surface area is 105 Å². The Morgan fingerprint density at radius 2 is 2.33 bits per heavy atom. The van der Waals surface area contributed by atoms with E-state index < -0.39 is 11.4 Å². The number of carbonyl (C=O) groups excluding carboxylic acids is 1. The van der Waals surface area contributed by atoms with Crippen molar-refractivity contribution in [3.8, 4) is 0 Å². The highest BCUT2D eigenvalue weighted by Gasteiger charge is 2.37. The van der Waals surface area contributed by atoms with Crippen LogP contribution in [0.2, 0.25) is 0 Å². The van der Waals surface area contributed by atoms with Gasteiger partial charge in [-0.05, 0) is 26.0 Å². The maximum Gasteiger partial charge on any atom is 0.318 e. The van der Waals surface area contributed by atoms with E-state index in [1.54, 1.807) is 24.9 Å². The number of urea groups is 1. The normalized spacial score (nSPS) is 20.0. The molecule has 1 aromatic rings. The summed E-state index contributed by atoms with van der Waals surface area (Å²) < 4.78 is 0. The van der Waals surface area contributed by atoms with Crippen molar-refractivity contribution in [2.24, 2.45) is 5.41 Å². The van der Waals surface area contributed by atoms with E-state index in [1.165, 1.54) is 0 Å². The van der Waals surface area contributed by atoms with Crippen molar-refractivity contribution in [2.45, 2.75) is 19.9 Å². The quantitative estimate of drug-likeness (QED) is 0.751. The summed E-state index contributed by atoms with van der Waals surface area (Å²) in [6, 6.07) is 3.45. The van der Waals surface area contributed by atoms with Gasteiger partial charge in [0.1, 0.15) is 0 Å².